The second kappa shape index (κ2) is 4.50. The maximum absolute atomic E-state index is 11.3. The van der Waals surface area contributed by atoms with E-state index in [1.165, 1.54) is 12.6 Å². The van der Waals surface area contributed by atoms with E-state index in [9.17, 15) is 8.42 Å². The Kier molecular flexibility index (Phi) is 3.06. The minimum absolute atomic E-state index is 0.297. The van der Waals surface area contributed by atoms with Crippen molar-refractivity contribution < 1.29 is 8.42 Å². The lowest BCUT2D eigenvalue weighted by Gasteiger charge is -2.05. The van der Waals surface area contributed by atoms with Crippen molar-refractivity contribution in [2.75, 3.05) is 11.6 Å². The Morgan fingerprint density at radius 2 is 1.82 bits per heavy atom. The molecule has 88 valence electrons. The third-order valence-corrected chi connectivity index (χ3v) is 3.27. The molecule has 2 aromatic rings. The highest BCUT2D eigenvalue weighted by atomic mass is 32.2. The first-order valence-corrected chi connectivity index (χ1v) is 6.78. The number of hydrogen-bond donors (Lipinski definition) is 1. The van der Waals surface area contributed by atoms with Gasteiger partial charge in [0.05, 0.1) is 4.90 Å². The van der Waals surface area contributed by atoms with E-state index in [1.807, 2.05) is 0 Å². The fraction of sp³-hybridized carbons (Fsp3) is 0.0909. The Morgan fingerprint density at radius 1 is 1.12 bits per heavy atom. The van der Waals surface area contributed by atoms with Crippen molar-refractivity contribution in [2.24, 2.45) is 0 Å². The van der Waals surface area contributed by atoms with Gasteiger partial charge in [0.25, 0.3) is 0 Å². The summed E-state index contributed by atoms with van der Waals surface area (Å²) in [5.41, 5.74) is 0.774. The minimum atomic E-state index is -3.15. The summed E-state index contributed by atoms with van der Waals surface area (Å²) < 4.78 is 22.5. The quantitative estimate of drug-likeness (QED) is 0.895. The number of nitrogens with zero attached hydrogens (tertiary/aromatic N) is 2. The van der Waals surface area contributed by atoms with Crippen LogP contribution in [0.2, 0.25) is 0 Å². The van der Waals surface area contributed by atoms with Crippen LogP contribution in [0.25, 0.3) is 0 Å². The molecular formula is C11H11N3O2S. The average Bonchev–Trinajstić information content (AvgIpc) is 2.30. The molecule has 17 heavy (non-hydrogen) atoms. The molecule has 6 heteroatoms. The number of aromatic nitrogens is 2. The molecule has 0 aliphatic heterocycles. The number of rotatable bonds is 3. The van der Waals surface area contributed by atoms with Crippen molar-refractivity contribution in [1.29, 1.82) is 0 Å². The van der Waals surface area contributed by atoms with Crippen LogP contribution >= 0.6 is 0 Å². The summed E-state index contributed by atoms with van der Waals surface area (Å²) in [6.07, 6.45) is 4.24. The van der Waals surface area contributed by atoms with E-state index in [2.05, 4.69) is 15.3 Å². The van der Waals surface area contributed by atoms with Crippen molar-refractivity contribution >= 4 is 21.3 Å². The van der Waals surface area contributed by atoms with E-state index in [0.29, 0.717) is 10.7 Å². The van der Waals surface area contributed by atoms with Gasteiger partial charge >= 0.3 is 0 Å². The Morgan fingerprint density at radius 3 is 2.35 bits per heavy atom. The second-order valence-electron chi connectivity index (χ2n) is 3.52. The van der Waals surface area contributed by atoms with E-state index in [1.54, 1.807) is 36.5 Å². The van der Waals surface area contributed by atoms with Crippen LogP contribution in [0.15, 0.2) is 47.8 Å². The molecule has 1 N–H and O–H groups in total. The van der Waals surface area contributed by atoms with Gasteiger partial charge in [-0.3, -0.25) is 0 Å². The van der Waals surface area contributed by atoms with Crippen LogP contribution in [0.3, 0.4) is 0 Å². The molecule has 0 aliphatic rings. The molecule has 2 rings (SSSR count). The zero-order chi connectivity index (χ0) is 12.3. The minimum Gasteiger partial charge on any atom is -0.340 e. The molecule has 0 aliphatic carbocycles. The van der Waals surface area contributed by atoms with Gasteiger partial charge in [-0.1, -0.05) is 0 Å². The molecular weight excluding hydrogens is 238 g/mol. The standard InChI is InChI=1S/C11H11N3O2S/c1-17(15,16)10-4-2-9(3-5-10)14-11-6-7-12-8-13-11/h2-8H,1H3,(H,12,13,14). The van der Waals surface area contributed by atoms with Gasteiger partial charge in [0.1, 0.15) is 12.1 Å². The molecule has 0 spiro atoms. The van der Waals surface area contributed by atoms with Crippen molar-refractivity contribution in [3.05, 3.63) is 42.9 Å². The van der Waals surface area contributed by atoms with E-state index < -0.39 is 9.84 Å². The summed E-state index contributed by atoms with van der Waals surface area (Å²) in [6, 6.07) is 8.22. The fourth-order valence-electron chi connectivity index (χ4n) is 1.30. The van der Waals surface area contributed by atoms with Gasteiger partial charge in [0.2, 0.25) is 0 Å². The van der Waals surface area contributed by atoms with Gasteiger partial charge in [0, 0.05) is 18.1 Å². The van der Waals surface area contributed by atoms with Crippen LogP contribution in [0.4, 0.5) is 11.5 Å². The first kappa shape index (κ1) is 11.5. The van der Waals surface area contributed by atoms with E-state index in [-0.39, 0.29) is 0 Å². The largest absolute Gasteiger partial charge is 0.340 e. The molecule has 1 aromatic carbocycles. The number of anilines is 2. The van der Waals surface area contributed by atoms with E-state index in [4.69, 9.17) is 0 Å². The number of nitrogens with one attached hydrogen (secondary N) is 1. The van der Waals surface area contributed by atoms with Gasteiger partial charge < -0.3 is 5.32 Å². The van der Waals surface area contributed by atoms with Crippen LogP contribution < -0.4 is 5.32 Å². The Bertz CT molecular complexity index is 594. The highest BCUT2D eigenvalue weighted by molar-refractivity contribution is 7.90. The highest BCUT2D eigenvalue weighted by Gasteiger charge is 2.05. The molecule has 0 bridgehead atoms. The molecule has 0 radical (unpaired) electrons. The molecule has 1 aromatic heterocycles. The monoisotopic (exact) mass is 249 g/mol. The summed E-state index contributed by atoms with van der Waals surface area (Å²) >= 11 is 0. The van der Waals surface area contributed by atoms with Crippen molar-refractivity contribution in [2.45, 2.75) is 4.90 Å². The molecule has 0 fully saturated rings. The van der Waals surface area contributed by atoms with Gasteiger partial charge in [-0.25, -0.2) is 18.4 Å². The first-order valence-electron chi connectivity index (χ1n) is 4.89. The zero-order valence-electron chi connectivity index (χ0n) is 9.16. The third kappa shape index (κ3) is 3.01. The van der Waals surface area contributed by atoms with Gasteiger partial charge in [-0.15, -0.1) is 0 Å². The van der Waals surface area contributed by atoms with Crippen molar-refractivity contribution in [1.82, 2.24) is 9.97 Å². The molecule has 1 heterocycles. The van der Waals surface area contributed by atoms with Gasteiger partial charge in [-0.2, -0.15) is 0 Å². The van der Waals surface area contributed by atoms with Crippen LogP contribution in [-0.4, -0.2) is 24.6 Å². The Hall–Kier alpha value is -1.95. The fourth-order valence-corrected chi connectivity index (χ4v) is 1.93. The SMILES string of the molecule is CS(=O)(=O)c1ccc(Nc2ccncn2)cc1. The normalized spacial score (nSPS) is 11.1. The smallest absolute Gasteiger partial charge is 0.175 e. The maximum atomic E-state index is 11.3. The summed E-state index contributed by atoms with van der Waals surface area (Å²) in [6.45, 7) is 0. The molecule has 5 nitrogen and oxygen atoms in total. The number of benzene rings is 1. The van der Waals surface area contributed by atoms with Gasteiger partial charge in [-0.05, 0) is 30.3 Å². The lowest BCUT2D eigenvalue weighted by Crippen LogP contribution is -1.98. The second-order valence-corrected chi connectivity index (χ2v) is 5.53. The summed E-state index contributed by atoms with van der Waals surface area (Å²) in [5, 5.41) is 3.04. The first-order chi connectivity index (χ1) is 8.05. The Labute approximate surface area is 99.5 Å². The summed E-state index contributed by atoms with van der Waals surface area (Å²) in [5.74, 6) is 0.659. The van der Waals surface area contributed by atoms with Crippen LogP contribution in [-0.2, 0) is 9.84 Å². The van der Waals surface area contributed by atoms with Crippen LogP contribution in [0.5, 0.6) is 0 Å². The van der Waals surface area contributed by atoms with Crippen molar-refractivity contribution in [3.63, 3.8) is 0 Å². The molecule has 0 saturated carbocycles. The highest BCUT2D eigenvalue weighted by Crippen LogP contribution is 2.16. The number of hydrogen-bond acceptors (Lipinski definition) is 5. The predicted molar refractivity (Wildman–Crippen MR) is 64.9 cm³/mol. The lowest BCUT2D eigenvalue weighted by molar-refractivity contribution is 0.602. The molecule has 0 atom stereocenters. The van der Waals surface area contributed by atoms with E-state index in [0.717, 1.165) is 5.69 Å². The average molecular weight is 249 g/mol. The zero-order valence-corrected chi connectivity index (χ0v) is 9.98. The Balaban J connectivity index is 2.20. The summed E-state index contributed by atoms with van der Waals surface area (Å²) in [7, 11) is -3.15. The predicted octanol–water partition coefficient (Wildman–Crippen LogP) is 1.62. The lowest BCUT2D eigenvalue weighted by atomic mass is 10.3. The van der Waals surface area contributed by atoms with Crippen LogP contribution in [0, 0.1) is 0 Å². The maximum Gasteiger partial charge on any atom is 0.175 e. The molecule has 0 unspecified atom stereocenters. The van der Waals surface area contributed by atoms with Crippen molar-refractivity contribution in [3.8, 4) is 0 Å². The number of sulfone groups is 1. The molecule has 0 amide bonds. The van der Waals surface area contributed by atoms with Crippen LogP contribution in [0.1, 0.15) is 0 Å². The summed E-state index contributed by atoms with van der Waals surface area (Å²) in [4.78, 5) is 8.10. The van der Waals surface area contributed by atoms with E-state index >= 15 is 0 Å². The molecule has 0 saturated heterocycles. The topological polar surface area (TPSA) is 72.0 Å². The third-order valence-electron chi connectivity index (χ3n) is 2.14. The van der Waals surface area contributed by atoms with Gasteiger partial charge in [0.15, 0.2) is 9.84 Å².